The molecule has 0 aliphatic carbocycles. The average molecular weight is 477 g/mol. The van der Waals surface area contributed by atoms with E-state index in [1.54, 1.807) is 12.1 Å². The minimum absolute atomic E-state index is 0.121. The Morgan fingerprint density at radius 1 is 1.09 bits per heavy atom. The summed E-state index contributed by atoms with van der Waals surface area (Å²) in [4.78, 5) is 32.4. The van der Waals surface area contributed by atoms with Crippen LogP contribution in [0.3, 0.4) is 0 Å². The Labute approximate surface area is 200 Å². The van der Waals surface area contributed by atoms with Crippen molar-refractivity contribution in [1.29, 1.82) is 0 Å². The Hall–Kier alpha value is -3.39. The van der Waals surface area contributed by atoms with Gasteiger partial charge in [0.05, 0.1) is 9.71 Å². The van der Waals surface area contributed by atoms with Crippen molar-refractivity contribution < 1.29 is 9.18 Å². The van der Waals surface area contributed by atoms with Gasteiger partial charge in [-0.3, -0.25) is 9.59 Å². The van der Waals surface area contributed by atoms with E-state index in [-0.39, 0.29) is 23.8 Å². The number of aryl methyl sites for hydroxylation is 1. The predicted molar refractivity (Wildman–Crippen MR) is 131 cm³/mol. The van der Waals surface area contributed by atoms with Crippen LogP contribution in [0, 0.1) is 18.7 Å². The van der Waals surface area contributed by atoms with Gasteiger partial charge in [0.2, 0.25) is 5.91 Å². The molecule has 0 bridgehead atoms. The lowest BCUT2D eigenvalue weighted by molar-refractivity contribution is -0.133. The van der Waals surface area contributed by atoms with Gasteiger partial charge in [0, 0.05) is 18.7 Å². The second-order valence-electron chi connectivity index (χ2n) is 8.74. The number of thiazole rings is 1. The van der Waals surface area contributed by atoms with Crippen LogP contribution < -0.4 is 5.56 Å². The zero-order chi connectivity index (χ0) is 23.7. The number of nitrogens with zero attached hydrogens (tertiary/aromatic N) is 4. The fourth-order valence-electron chi connectivity index (χ4n) is 4.53. The Morgan fingerprint density at radius 3 is 2.50 bits per heavy atom. The number of carbonyl (C=O) groups is 1. The molecular formula is C26H25FN4O2S. The first-order valence-electron chi connectivity index (χ1n) is 11.4. The van der Waals surface area contributed by atoms with Gasteiger partial charge < -0.3 is 4.90 Å². The van der Waals surface area contributed by atoms with Gasteiger partial charge in [-0.2, -0.15) is 5.10 Å². The van der Waals surface area contributed by atoms with Gasteiger partial charge in [0.15, 0.2) is 5.52 Å². The summed E-state index contributed by atoms with van der Waals surface area (Å²) < 4.78 is 15.3. The summed E-state index contributed by atoms with van der Waals surface area (Å²) in [7, 11) is 0. The molecule has 0 radical (unpaired) electrons. The molecule has 34 heavy (non-hydrogen) atoms. The van der Waals surface area contributed by atoms with Crippen LogP contribution in [-0.2, 0) is 17.8 Å². The van der Waals surface area contributed by atoms with E-state index in [1.807, 2.05) is 17.9 Å². The van der Waals surface area contributed by atoms with E-state index in [1.165, 1.54) is 33.7 Å². The second kappa shape index (κ2) is 9.46. The van der Waals surface area contributed by atoms with Crippen LogP contribution in [0.5, 0.6) is 0 Å². The van der Waals surface area contributed by atoms with Crippen LogP contribution in [0.4, 0.5) is 4.39 Å². The van der Waals surface area contributed by atoms with Crippen LogP contribution in [0.15, 0.2) is 59.4 Å². The highest BCUT2D eigenvalue weighted by Crippen LogP contribution is 2.29. The van der Waals surface area contributed by atoms with Gasteiger partial charge in [-0.05, 0) is 61.9 Å². The molecule has 8 heteroatoms. The van der Waals surface area contributed by atoms with Crippen LogP contribution in [0.1, 0.15) is 23.4 Å². The lowest BCUT2D eigenvalue weighted by Crippen LogP contribution is -2.42. The third kappa shape index (κ3) is 4.63. The number of fused-ring (bicyclic) bond motifs is 1. The lowest BCUT2D eigenvalue weighted by atomic mass is 9.90. The van der Waals surface area contributed by atoms with Crippen LogP contribution in [0.25, 0.3) is 21.5 Å². The van der Waals surface area contributed by atoms with Crippen molar-refractivity contribution in [1.82, 2.24) is 19.7 Å². The highest BCUT2D eigenvalue weighted by Gasteiger charge is 2.25. The number of rotatable bonds is 5. The maximum Gasteiger partial charge on any atom is 0.294 e. The number of benzene rings is 2. The molecule has 1 saturated heterocycles. The van der Waals surface area contributed by atoms with E-state index in [0.29, 0.717) is 40.5 Å². The average Bonchev–Trinajstić information content (AvgIpc) is 3.24. The van der Waals surface area contributed by atoms with Gasteiger partial charge >= 0.3 is 0 Å². The molecule has 1 amide bonds. The zero-order valence-electron chi connectivity index (χ0n) is 18.9. The van der Waals surface area contributed by atoms with E-state index < -0.39 is 0 Å². The number of carbonyl (C=O) groups excluding carboxylic acids is 1. The first-order chi connectivity index (χ1) is 16.5. The lowest BCUT2D eigenvalue weighted by Gasteiger charge is -2.32. The molecule has 0 unspecified atom stereocenters. The minimum Gasteiger partial charge on any atom is -0.341 e. The maximum atomic E-state index is 13.5. The molecule has 0 spiro atoms. The summed E-state index contributed by atoms with van der Waals surface area (Å²) in [6, 6.07) is 16.4. The summed E-state index contributed by atoms with van der Waals surface area (Å²) in [5, 5.41) is 5.26. The molecular weight excluding hydrogens is 451 g/mol. The molecule has 5 rings (SSSR count). The number of hydrogen-bond donors (Lipinski definition) is 0. The Bertz CT molecular complexity index is 1370. The Balaban J connectivity index is 1.34. The number of hydrogen-bond acceptors (Lipinski definition) is 5. The van der Waals surface area contributed by atoms with Gasteiger partial charge in [-0.15, -0.1) is 11.3 Å². The van der Waals surface area contributed by atoms with Crippen molar-refractivity contribution in [3.8, 4) is 11.3 Å². The molecule has 4 aromatic rings. The number of likely N-dealkylation sites (tertiary alicyclic amines) is 1. The van der Waals surface area contributed by atoms with Gasteiger partial charge in [-0.1, -0.05) is 30.3 Å². The van der Waals surface area contributed by atoms with Crippen LogP contribution in [-0.4, -0.2) is 38.7 Å². The van der Waals surface area contributed by atoms with Crippen LogP contribution >= 0.6 is 11.3 Å². The van der Waals surface area contributed by atoms with Crippen molar-refractivity contribution in [3.05, 3.63) is 81.3 Å². The van der Waals surface area contributed by atoms with Gasteiger partial charge in [0.1, 0.15) is 18.1 Å². The van der Waals surface area contributed by atoms with Gasteiger partial charge in [-0.25, -0.2) is 14.1 Å². The molecule has 0 N–H and O–H groups in total. The first kappa shape index (κ1) is 22.4. The number of amides is 1. The molecule has 174 valence electrons. The van der Waals surface area contributed by atoms with E-state index in [9.17, 15) is 14.0 Å². The third-order valence-corrected chi connectivity index (χ3v) is 7.32. The monoisotopic (exact) mass is 476 g/mol. The van der Waals surface area contributed by atoms with E-state index in [0.717, 1.165) is 24.3 Å². The van der Waals surface area contributed by atoms with Crippen molar-refractivity contribution in [3.63, 3.8) is 0 Å². The maximum absolute atomic E-state index is 13.5. The zero-order valence-corrected chi connectivity index (χ0v) is 19.7. The Morgan fingerprint density at radius 2 is 1.79 bits per heavy atom. The number of piperidine rings is 1. The van der Waals surface area contributed by atoms with E-state index in [4.69, 9.17) is 0 Å². The van der Waals surface area contributed by atoms with Crippen molar-refractivity contribution in [2.45, 2.75) is 32.7 Å². The third-order valence-electron chi connectivity index (χ3n) is 6.34. The number of aromatic nitrogens is 3. The topological polar surface area (TPSA) is 68.1 Å². The van der Waals surface area contributed by atoms with Crippen molar-refractivity contribution >= 4 is 27.5 Å². The largest absolute Gasteiger partial charge is 0.341 e. The summed E-state index contributed by atoms with van der Waals surface area (Å²) >= 11 is 1.37. The van der Waals surface area contributed by atoms with E-state index in [2.05, 4.69) is 34.3 Å². The molecule has 2 aromatic carbocycles. The summed E-state index contributed by atoms with van der Waals surface area (Å²) in [5.41, 5.74) is 2.46. The fourth-order valence-corrected chi connectivity index (χ4v) is 5.45. The molecule has 1 fully saturated rings. The number of halogens is 1. The van der Waals surface area contributed by atoms with Crippen molar-refractivity contribution in [2.24, 2.45) is 5.92 Å². The first-order valence-corrected chi connectivity index (χ1v) is 12.3. The normalized spacial score (nSPS) is 14.6. The highest BCUT2D eigenvalue weighted by molar-refractivity contribution is 7.19. The second-order valence-corrected chi connectivity index (χ2v) is 9.95. The molecule has 0 saturated carbocycles. The Kier molecular flexibility index (Phi) is 6.24. The summed E-state index contributed by atoms with van der Waals surface area (Å²) in [5.74, 6) is 0.0791. The fraction of sp³-hybridized carbons (Fsp3) is 0.308. The van der Waals surface area contributed by atoms with Crippen LogP contribution in [0.2, 0.25) is 0 Å². The molecule has 2 aromatic heterocycles. The molecule has 3 heterocycles. The summed E-state index contributed by atoms with van der Waals surface area (Å²) in [6.07, 6.45) is 2.90. The predicted octanol–water partition coefficient (Wildman–Crippen LogP) is 4.45. The van der Waals surface area contributed by atoms with Crippen molar-refractivity contribution in [2.75, 3.05) is 13.1 Å². The molecule has 1 aliphatic rings. The van der Waals surface area contributed by atoms with Gasteiger partial charge in [0.25, 0.3) is 5.56 Å². The molecule has 0 atom stereocenters. The highest BCUT2D eigenvalue weighted by atomic mass is 32.1. The summed E-state index contributed by atoms with van der Waals surface area (Å²) in [6.45, 7) is 3.04. The molecule has 1 aliphatic heterocycles. The van der Waals surface area contributed by atoms with E-state index >= 15 is 0 Å². The standard InChI is InChI=1S/C26H25FN4O2S/c1-17-28-24-25(34-17)23(20-7-9-21(27)10-8-20)29-31(26(24)33)16-22(32)30-13-11-19(12-14-30)15-18-5-3-2-4-6-18/h2-10,19H,11-16H2,1H3. The quantitative estimate of drug-likeness (QED) is 0.427. The SMILES string of the molecule is Cc1nc2c(=O)n(CC(=O)N3CCC(Cc4ccccc4)CC3)nc(-c3ccc(F)cc3)c2s1. The smallest absolute Gasteiger partial charge is 0.294 e. The minimum atomic E-state index is -0.377. The molecule has 6 nitrogen and oxygen atoms in total.